The fourth-order valence-electron chi connectivity index (χ4n) is 3.56. The van der Waals surface area contributed by atoms with Crippen LogP contribution in [-0.2, 0) is 0 Å². The Labute approximate surface area is 157 Å². The first-order valence-corrected chi connectivity index (χ1v) is 8.86. The highest BCUT2D eigenvalue weighted by Crippen LogP contribution is 2.28. The number of aromatic nitrogens is 2. The number of aryl methyl sites for hydroxylation is 1. The van der Waals surface area contributed by atoms with Crippen molar-refractivity contribution in [3.05, 3.63) is 106 Å². The van der Waals surface area contributed by atoms with Gasteiger partial charge in [-0.1, -0.05) is 66.7 Å². The molecule has 1 heterocycles. The molecule has 4 rings (SSSR count). The maximum absolute atomic E-state index is 13.6. The van der Waals surface area contributed by atoms with Crippen LogP contribution in [0.3, 0.4) is 0 Å². The molecule has 1 aromatic heterocycles. The van der Waals surface area contributed by atoms with Crippen LogP contribution in [0.4, 0.5) is 0 Å². The van der Waals surface area contributed by atoms with Crippen molar-refractivity contribution < 1.29 is 4.74 Å². The van der Waals surface area contributed by atoms with Crippen LogP contribution in [-0.4, -0.2) is 16.7 Å². The average molecular weight is 356 g/mol. The van der Waals surface area contributed by atoms with Crippen LogP contribution in [0.2, 0.25) is 0 Å². The van der Waals surface area contributed by atoms with Crippen molar-refractivity contribution in [3.63, 3.8) is 0 Å². The number of rotatable bonds is 4. The van der Waals surface area contributed by atoms with E-state index in [1.165, 1.54) is 0 Å². The van der Waals surface area contributed by atoms with E-state index in [1.807, 2.05) is 79.7 Å². The molecule has 0 aliphatic heterocycles. The van der Waals surface area contributed by atoms with E-state index >= 15 is 0 Å². The lowest BCUT2D eigenvalue weighted by molar-refractivity contribution is 0.419. The summed E-state index contributed by atoms with van der Waals surface area (Å²) in [7, 11) is 1.57. The van der Waals surface area contributed by atoms with Gasteiger partial charge in [-0.05, 0) is 30.2 Å². The van der Waals surface area contributed by atoms with Gasteiger partial charge in [0.1, 0.15) is 17.0 Å². The van der Waals surface area contributed by atoms with Crippen molar-refractivity contribution >= 4 is 10.9 Å². The molecule has 0 spiro atoms. The molecule has 0 radical (unpaired) electrons. The molecule has 0 bridgehead atoms. The van der Waals surface area contributed by atoms with Crippen molar-refractivity contribution in [2.45, 2.75) is 13.0 Å². The van der Waals surface area contributed by atoms with Crippen LogP contribution >= 0.6 is 0 Å². The standard InChI is InChI=1S/C23H20N2O2/c1-16-24-19-14-9-15-20(27-2)21(19)23(26)25(16)22(17-10-5-3-6-11-17)18-12-7-4-8-13-18/h3-15,22H,1-2H3. The van der Waals surface area contributed by atoms with Gasteiger partial charge in [-0.25, -0.2) is 4.98 Å². The molecule has 3 aromatic carbocycles. The van der Waals surface area contributed by atoms with Crippen LogP contribution in [0, 0.1) is 6.92 Å². The summed E-state index contributed by atoms with van der Waals surface area (Å²) in [6.45, 7) is 1.87. The lowest BCUT2D eigenvalue weighted by Crippen LogP contribution is -2.29. The molecule has 0 aliphatic rings. The number of nitrogens with zero attached hydrogens (tertiary/aromatic N) is 2. The average Bonchev–Trinajstić information content (AvgIpc) is 2.71. The Morgan fingerprint density at radius 2 is 1.44 bits per heavy atom. The zero-order chi connectivity index (χ0) is 18.8. The monoisotopic (exact) mass is 356 g/mol. The summed E-state index contributed by atoms with van der Waals surface area (Å²) in [5, 5.41) is 0.502. The zero-order valence-corrected chi connectivity index (χ0v) is 15.3. The topological polar surface area (TPSA) is 44.1 Å². The fraction of sp³-hybridized carbons (Fsp3) is 0.130. The largest absolute Gasteiger partial charge is 0.496 e. The number of hydrogen-bond acceptors (Lipinski definition) is 3. The van der Waals surface area contributed by atoms with E-state index in [-0.39, 0.29) is 11.6 Å². The van der Waals surface area contributed by atoms with Crippen LogP contribution in [0.15, 0.2) is 83.7 Å². The van der Waals surface area contributed by atoms with E-state index in [0.717, 1.165) is 11.1 Å². The molecule has 0 atom stereocenters. The van der Waals surface area contributed by atoms with Gasteiger partial charge in [0.05, 0.1) is 18.7 Å². The number of benzene rings is 3. The molecule has 134 valence electrons. The van der Waals surface area contributed by atoms with E-state index in [9.17, 15) is 4.79 Å². The minimum Gasteiger partial charge on any atom is -0.496 e. The maximum Gasteiger partial charge on any atom is 0.266 e. The first-order chi connectivity index (χ1) is 13.2. The third-order valence-electron chi connectivity index (χ3n) is 4.78. The molecular weight excluding hydrogens is 336 g/mol. The molecule has 0 saturated heterocycles. The number of hydrogen-bond donors (Lipinski definition) is 0. The smallest absolute Gasteiger partial charge is 0.266 e. The Kier molecular flexibility index (Phi) is 4.47. The van der Waals surface area contributed by atoms with Crippen molar-refractivity contribution in [2.75, 3.05) is 7.11 Å². The molecule has 4 nitrogen and oxygen atoms in total. The Morgan fingerprint density at radius 3 is 2.00 bits per heavy atom. The van der Waals surface area contributed by atoms with E-state index in [2.05, 4.69) is 0 Å². The molecule has 4 aromatic rings. The van der Waals surface area contributed by atoms with Gasteiger partial charge >= 0.3 is 0 Å². The molecule has 0 amide bonds. The van der Waals surface area contributed by atoms with Gasteiger partial charge in [-0.2, -0.15) is 0 Å². The quantitative estimate of drug-likeness (QED) is 0.546. The summed E-state index contributed by atoms with van der Waals surface area (Å²) in [6.07, 6.45) is 0. The van der Waals surface area contributed by atoms with Crippen molar-refractivity contribution in [2.24, 2.45) is 0 Å². The maximum atomic E-state index is 13.6. The van der Waals surface area contributed by atoms with Crippen molar-refractivity contribution in [3.8, 4) is 5.75 Å². The first kappa shape index (κ1) is 17.0. The van der Waals surface area contributed by atoms with E-state index in [1.54, 1.807) is 17.7 Å². The number of ether oxygens (including phenoxy) is 1. The number of fused-ring (bicyclic) bond motifs is 1. The fourth-order valence-corrected chi connectivity index (χ4v) is 3.56. The minimum atomic E-state index is -0.262. The summed E-state index contributed by atoms with van der Waals surface area (Å²) >= 11 is 0. The van der Waals surface area contributed by atoms with E-state index < -0.39 is 0 Å². The Hall–Kier alpha value is -3.40. The SMILES string of the molecule is COc1cccc2nc(C)n(C(c3ccccc3)c3ccccc3)c(=O)c12. The summed E-state index contributed by atoms with van der Waals surface area (Å²) in [4.78, 5) is 18.3. The second kappa shape index (κ2) is 7.08. The minimum absolute atomic E-state index is 0.104. The summed E-state index contributed by atoms with van der Waals surface area (Å²) in [6, 6.07) is 25.3. The van der Waals surface area contributed by atoms with Gasteiger partial charge in [0.2, 0.25) is 0 Å². The van der Waals surface area contributed by atoms with Gasteiger partial charge in [-0.3, -0.25) is 9.36 Å². The van der Waals surface area contributed by atoms with Crippen LogP contribution in [0.1, 0.15) is 23.0 Å². The van der Waals surface area contributed by atoms with Crippen molar-refractivity contribution in [1.82, 2.24) is 9.55 Å². The summed E-state index contributed by atoms with van der Waals surface area (Å²) in [5.41, 5.74) is 2.61. The molecule has 27 heavy (non-hydrogen) atoms. The molecule has 0 saturated carbocycles. The normalized spacial score (nSPS) is 11.1. The predicted molar refractivity (Wildman–Crippen MR) is 107 cm³/mol. The Morgan fingerprint density at radius 1 is 0.852 bits per heavy atom. The first-order valence-electron chi connectivity index (χ1n) is 8.86. The highest BCUT2D eigenvalue weighted by atomic mass is 16.5. The second-order valence-corrected chi connectivity index (χ2v) is 6.41. The summed E-state index contributed by atoms with van der Waals surface area (Å²) < 4.78 is 7.20. The Balaban J connectivity index is 2.07. The molecule has 0 aliphatic carbocycles. The molecular formula is C23H20N2O2. The predicted octanol–water partition coefficient (Wildman–Crippen LogP) is 4.35. The Bertz CT molecular complexity index is 1100. The van der Waals surface area contributed by atoms with Gasteiger partial charge in [0, 0.05) is 0 Å². The summed E-state index contributed by atoms with van der Waals surface area (Å²) in [5.74, 6) is 1.21. The highest BCUT2D eigenvalue weighted by molar-refractivity contribution is 5.84. The van der Waals surface area contributed by atoms with E-state index in [4.69, 9.17) is 9.72 Å². The third-order valence-corrected chi connectivity index (χ3v) is 4.78. The van der Waals surface area contributed by atoms with Crippen LogP contribution in [0.5, 0.6) is 5.75 Å². The van der Waals surface area contributed by atoms with Crippen molar-refractivity contribution in [1.29, 1.82) is 0 Å². The highest BCUT2D eigenvalue weighted by Gasteiger charge is 2.22. The van der Waals surface area contributed by atoms with Crippen LogP contribution < -0.4 is 10.3 Å². The number of methoxy groups -OCH3 is 1. The zero-order valence-electron chi connectivity index (χ0n) is 15.3. The van der Waals surface area contributed by atoms with Gasteiger partial charge < -0.3 is 4.74 Å². The lowest BCUT2D eigenvalue weighted by atomic mass is 9.98. The third kappa shape index (κ3) is 2.99. The molecule has 0 N–H and O–H groups in total. The van der Waals surface area contributed by atoms with Gasteiger partial charge in [-0.15, -0.1) is 0 Å². The lowest BCUT2D eigenvalue weighted by Gasteiger charge is -2.23. The molecule has 0 unspecified atom stereocenters. The van der Waals surface area contributed by atoms with Crippen LogP contribution in [0.25, 0.3) is 10.9 Å². The van der Waals surface area contributed by atoms with E-state index in [0.29, 0.717) is 22.5 Å². The van der Waals surface area contributed by atoms with Gasteiger partial charge in [0.15, 0.2) is 0 Å². The second-order valence-electron chi connectivity index (χ2n) is 6.41. The molecule has 0 fully saturated rings. The van der Waals surface area contributed by atoms with Gasteiger partial charge in [0.25, 0.3) is 5.56 Å². The molecule has 4 heteroatoms.